The first-order valence-electron chi connectivity index (χ1n) is 5.69. The maximum absolute atomic E-state index is 11.9. The molecular formula is C14H20O3. The van der Waals surface area contributed by atoms with Gasteiger partial charge < -0.3 is 0 Å². The molecular weight excluding hydrogens is 216 g/mol. The van der Waals surface area contributed by atoms with E-state index in [0.717, 1.165) is 0 Å². The Labute approximate surface area is 103 Å². The summed E-state index contributed by atoms with van der Waals surface area (Å²) in [6.45, 7) is 9.69. The molecule has 0 unspecified atom stereocenters. The summed E-state index contributed by atoms with van der Waals surface area (Å²) in [5.74, 6) is 0.152. The minimum atomic E-state index is -0.609. The molecule has 0 aliphatic heterocycles. The second-order valence-corrected chi connectivity index (χ2v) is 5.64. The van der Waals surface area contributed by atoms with Gasteiger partial charge in [0.25, 0.3) is 0 Å². The highest BCUT2D eigenvalue weighted by Crippen LogP contribution is 2.38. The zero-order chi connectivity index (χ0) is 13.1. The lowest BCUT2D eigenvalue weighted by molar-refractivity contribution is -0.229. The van der Waals surface area contributed by atoms with E-state index in [4.69, 9.17) is 9.78 Å². The van der Waals surface area contributed by atoms with Crippen molar-refractivity contribution in [3.8, 4) is 5.75 Å². The lowest BCUT2D eigenvalue weighted by Crippen LogP contribution is -2.39. The Morgan fingerprint density at radius 2 is 1.53 bits per heavy atom. The summed E-state index contributed by atoms with van der Waals surface area (Å²) in [4.78, 5) is 21.8. The van der Waals surface area contributed by atoms with Crippen LogP contribution >= 0.6 is 0 Å². The summed E-state index contributed by atoms with van der Waals surface area (Å²) in [6.07, 6.45) is 0. The van der Waals surface area contributed by atoms with Gasteiger partial charge >= 0.3 is 5.97 Å². The minimum absolute atomic E-state index is 0.190. The third-order valence-electron chi connectivity index (χ3n) is 3.34. The number of carbonyl (C=O) groups is 1. The third kappa shape index (κ3) is 3.22. The van der Waals surface area contributed by atoms with Crippen LogP contribution in [0.3, 0.4) is 0 Å². The summed E-state index contributed by atoms with van der Waals surface area (Å²) in [6, 6.07) is 8.97. The molecule has 0 heterocycles. The fourth-order valence-electron chi connectivity index (χ4n) is 0.972. The Kier molecular flexibility index (Phi) is 3.81. The molecule has 0 amide bonds. The van der Waals surface area contributed by atoms with E-state index in [1.54, 1.807) is 12.1 Å². The first-order chi connectivity index (χ1) is 7.75. The van der Waals surface area contributed by atoms with Crippen molar-refractivity contribution in [2.45, 2.75) is 34.6 Å². The predicted molar refractivity (Wildman–Crippen MR) is 66.4 cm³/mol. The highest BCUT2D eigenvalue weighted by atomic mass is 17.2. The molecule has 94 valence electrons. The lowest BCUT2D eigenvalue weighted by atomic mass is 9.69. The van der Waals surface area contributed by atoms with E-state index in [-0.39, 0.29) is 11.4 Å². The standard InChI is InChI=1S/C14H20O3/c1-13(2,3)14(4,5)12(15)17-16-11-9-7-6-8-10-11/h6-10H,1-5H3. The van der Waals surface area contributed by atoms with Gasteiger partial charge in [0.05, 0.1) is 5.41 Å². The zero-order valence-corrected chi connectivity index (χ0v) is 11.1. The number of hydrogen-bond acceptors (Lipinski definition) is 3. The SMILES string of the molecule is CC(C)(C)C(C)(C)C(=O)OOc1ccccc1. The molecule has 0 fully saturated rings. The normalized spacial score (nSPS) is 12.1. The van der Waals surface area contributed by atoms with E-state index in [0.29, 0.717) is 5.75 Å². The summed E-state index contributed by atoms with van der Waals surface area (Å²) < 4.78 is 0. The zero-order valence-electron chi connectivity index (χ0n) is 11.1. The molecule has 0 aliphatic rings. The Bertz CT molecular complexity index is 374. The second-order valence-electron chi connectivity index (χ2n) is 5.64. The molecule has 0 saturated carbocycles. The minimum Gasteiger partial charge on any atom is -0.287 e. The molecule has 0 bridgehead atoms. The van der Waals surface area contributed by atoms with Crippen LogP contribution in [0.2, 0.25) is 0 Å². The van der Waals surface area contributed by atoms with Gasteiger partial charge in [0.15, 0.2) is 5.75 Å². The van der Waals surface area contributed by atoms with Gasteiger partial charge in [-0.25, -0.2) is 9.68 Å². The average Bonchev–Trinajstić information content (AvgIpc) is 2.25. The molecule has 3 nitrogen and oxygen atoms in total. The van der Waals surface area contributed by atoms with Crippen LogP contribution in [0.1, 0.15) is 34.6 Å². The Hall–Kier alpha value is -1.51. The van der Waals surface area contributed by atoms with Gasteiger partial charge in [0.2, 0.25) is 0 Å². The molecule has 3 heteroatoms. The van der Waals surface area contributed by atoms with Crippen molar-refractivity contribution in [3.05, 3.63) is 30.3 Å². The maximum atomic E-state index is 11.9. The first-order valence-corrected chi connectivity index (χ1v) is 5.69. The summed E-state index contributed by atoms with van der Waals surface area (Å²) in [5.41, 5.74) is -0.800. The van der Waals surface area contributed by atoms with Crippen LogP contribution < -0.4 is 4.89 Å². The van der Waals surface area contributed by atoms with Crippen LogP contribution in [-0.2, 0) is 9.68 Å². The fraction of sp³-hybridized carbons (Fsp3) is 0.500. The van der Waals surface area contributed by atoms with Crippen molar-refractivity contribution < 1.29 is 14.6 Å². The molecule has 1 aromatic rings. The van der Waals surface area contributed by atoms with Gasteiger partial charge in [-0.15, -0.1) is 0 Å². The molecule has 1 rings (SSSR count). The molecule has 17 heavy (non-hydrogen) atoms. The van der Waals surface area contributed by atoms with E-state index < -0.39 is 5.41 Å². The monoisotopic (exact) mass is 236 g/mol. The van der Waals surface area contributed by atoms with E-state index in [1.807, 2.05) is 52.8 Å². The van der Waals surface area contributed by atoms with Gasteiger partial charge in [0.1, 0.15) is 0 Å². The van der Waals surface area contributed by atoms with Crippen LogP contribution in [0.25, 0.3) is 0 Å². The molecule has 0 atom stereocenters. The van der Waals surface area contributed by atoms with Gasteiger partial charge in [-0.2, -0.15) is 0 Å². The molecule has 0 aliphatic carbocycles. The van der Waals surface area contributed by atoms with Crippen LogP contribution in [0.5, 0.6) is 5.75 Å². The molecule has 0 radical (unpaired) electrons. The molecule has 0 saturated heterocycles. The van der Waals surface area contributed by atoms with Crippen LogP contribution in [0.4, 0.5) is 0 Å². The van der Waals surface area contributed by atoms with E-state index in [1.165, 1.54) is 0 Å². The summed E-state index contributed by atoms with van der Waals surface area (Å²) in [5, 5.41) is 0. The van der Waals surface area contributed by atoms with Gasteiger partial charge in [-0.1, -0.05) is 39.0 Å². The fourth-order valence-corrected chi connectivity index (χ4v) is 0.972. The van der Waals surface area contributed by atoms with Crippen LogP contribution in [-0.4, -0.2) is 5.97 Å². The first kappa shape index (κ1) is 13.6. The van der Waals surface area contributed by atoms with Crippen molar-refractivity contribution in [2.75, 3.05) is 0 Å². The van der Waals surface area contributed by atoms with Crippen molar-refractivity contribution in [1.29, 1.82) is 0 Å². The van der Waals surface area contributed by atoms with E-state index >= 15 is 0 Å². The number of hydrogen-bond donors (Lipinski definition) is 0. The molecule has 0 N–H and O–H groups in total. The summed E-state index contributed by atoms with van der Waals surface area (Å²) in [7, 11) is 0. The van der Waals surface area contributed by atoms with Gasteiger partial charge in [-0.05, 0) is 31.4 Å². The van der Waals surface area contributed by atoms with Crippen LogP contribution in [0.15, 0.2) is 30.3 Å². The second kappa shape index (κ2) is 4.78. The number of benzene rings is 1. The predicted octanol–water partition coefficient (Wildman–Crippen LogP) is 3.60. The largest absolute Gasteiger partial charge is 0.361 e. The number of carbonyl (C=O) groups excluding carboxylic acids is 1. The smallest absolute Gasteiger partial charge is 0.287 e. The Morgan fingerprint density at radius 1 is 1.00 bits per heavy atom. The maximum Gasteiger partial charge on any atom is 0.361 e. The highest BCUT2D eigenvalue weighted by Gasteiger charge is 2.42. The van der Waals surface area contributed by atoms with E-state index in [9.17, 15) is 4.79 Å². The highest BCUT2D eigenvalue weighted by molar-refractivity contribution is 5.76. The molecule has 1 aromatic carbocycles. The van der Waals surface area contributed by atoms with Crippen LogP contribution in [0, 0.1) is 10.8 Å². The number of rotatable bonds is 3. The Balaban J connectivity index is 2.62. The summed E-state index contributed by atoms with van der Waals surface area (Å²) >= 11 is 0. The van der Waals surface area contributed by atoms with Crippen molar-refractivity contribution in [3.63, 3.8) is 0 Å². The van der Waals surface area contributed by atoms with Crippen molar-refractivity contribution in [2.24, 2.45) is 10.8 Å². The van der Waals surface area contributed by atoms with Crippen molar-refractivity contribution >= 4 is 5.97 Å². The van der Waals surface area contributed by atoms with Crippen molar-refractivity contribution in [1.82, 2.24) is 0 Å². The van der Waals surface area contributed by atoms with Gasteiger partial charge in [-0.3, -0.25) is 4.89 Å². The Morgan fingerprint density at radius 3 is 2.00 bits per heavy atom. The van der Waals surface area contributed by atoms with Gasteiger partial charge in [0, 0.05) is 0 Å². The lowest BCUT2D eigenvalue weighted by Gasteiger charge is -2.35. The van der Waals surface area contributed by atoms with E-state index in [2.05, 4.69) is 0 Å². The topological polar surface area (TPSA) is 35.5 Å². The number of para-hydroxylation sites is 1. The quantitative estimate of drug-likeness (QED) is 0.594. The molecule has 0 spiro atoms. The molecule has 0 aromatic heterocycles. The third-order valence-corrected chi connectivity index (χ3v) is 3.34. The average molecular weight is 236 g/mol.